The number of ether oxygens (including phenoxy) is 1. The van der Waals surface area contributed by atoms with Crippen molar-refractivity contribution in [3.8, 4) is 0 Å². The van der Waals surface area contributed by atoms with Crippen LogP contribution in [0.4, 0.5) is 13.2 Å². The van der Waals surface area contributed by atoms with E-state index in [1.165, 1.54) is 6.07 Å². The standard InChI is InChI=1S/C26H38F3NO4S/c1-4-13-30-25(11-14-34-15-12-25)23(31)10-5-7-19-16-21(17-19)24(2,3)35(32,33)22-9-6-8-20(18-22)26(27,28)29/h6,8-9,18-19,21,30H,4-5,7,10-17H2,1-3H3. The molecule has 1 saturated carbocycles. The minimum absolute atomic E-state index is 0.129. The van der Waals surface area contributed by atoms with Gasteiger partial charge in [0.2, 0.25) is 0 Å². The number of alkyl halides is 3. The molecule has 9 heteroatoms. The van der Waals surface area contributed by atoms with Crippen LogP contribution in [0.1, 0.15) is 77.7 Å². The third-order valence-electron chi connectivity index (χ3n) is 7.99. The fourth-order valence-electron chi connectivity index (χ4n) is 5.33. The van der Waals surface area contributed by atoms with Crippen molar-refractivity contribution < 1.29 is 31.1 Å². The summed E-state index contributed by atoms with van der Waals surface area (Å²) < 4.78 is 70.0. The van der Waals surface area contributed by atoms with E-state index in [2.05, 4.69) is 12.2 Å². The first-order valence-corrected chi connectivity index (χ1v) is 14.1. The summed E-state index contributed by atoms with van der Waals surface area (Å²) in [5, 5.41) is 3.46. The van der Waals surface area contributed by atoms with Gasteiger partial charge in [-0.2, -0.15) is 13.2 Å². The van der Waals surface area contributed by atoms with E-state index < -0.39 is 31.9 Å². The Balaban J connectivity index is 1.54. The lowest BCUT2D eigenvalue weighted by Gasteiger charge is -2.45. The summed E-state index contributed by atoms with van der Waals surface area (Å²) >= 11 is 0. The SMILES string of the molecule is CCCNC1(C(=O)CCCC2CC(C(C)(C)S(=O)(=O)c3cccc(C(F)(F)F)c3)C2)CCOCC1. The van der Waals surface area contributed by atoms with Gasteiger partial charge >= 0.3 is 6.18 Å². The summed E-state index contributed by atoms with van der Waals surface area (Å²) in [6.45, 7) is 7.27. The van der Waals surface area contributed by atoms with Crippen molar-refractivity contribution in [3.63, 3.8) is 0 Å². The molecule has 1 aromatic rings. The number of halogens is 3. The number of benzene rings is 1. The van der Waals surface area contributed by atoms with E-state index in [4.69, 9.17) is 4.74 Å². The summed E-state index contributed by atoms with van der Waals surface area (Å²) in [5.74, 6) is 0.436. The maximum absolute atomic E-state index is 13.2. The molecule has 1 N–H and O–H groups in total. The van der Waals surface area contributed by atoms with E-state index in [-0.39, 0.29) is 16.6 Å². The first kappa shape index (κ1) is 28.1. The maximum Gasteiger partial charge on any atom is 0.416 e. The number of rotatable bonds is 11. The summed E-state index contributed by atoms with van der Waals surface area (Å²) in [7, 11) is -3.94. The predicted molar refractivity (Wildman–Crippen MR) is 129 cm³/mol. The molecular weight excluding hydrogens is 479 g/mol. The van der Waals surface area contributed by atoms with Gasteiger partial charge in [-0.25, -0.2) is 8.42 Å². The molecule has 0 unspecified atom stereocenters. The third-order valence-corrected chi connectivity index (χ3v) is 10.6. The van der Waals surface area contributed by atoms with Gasteiger partial charge in [-0.05, 0) is 89.0 Å². The quantitative estimate of drug-likeness (QED) is 0.415. The molecule has 0 amide bonds. The summed E-state index contributed by atoms with van der Waals surface area (Å²) in [5.41, 5.74) is -1.45. The molecule has 0 radical (unpaired) electrons. The van der Waals surface area contributed by atoms with E-state index in [0.29, 0.717) is 51.2 Å². The number of carbonyl (C=O) groups excluding carboxylic acids is 1. The zero-order chi connectivity index (χ0) is 25.9. The molecule has 0 aromatic heterocycles. The molecule has 5 nitrogen and oxygen atoms in total. The zero-order valence-electron chi connectivity index (χ0n) is 20.9. The van der Waals surface area contributed by atoms with E-state index in [9.17, 15) is 26.4 Å². The second-order valence-corrected chi connectivity index (χ2v) is 13.1. The van der Waals surface area contributed by atoms with Crippen LogP contribution >= 0.6 is 0 Å². The lowest BCUT2D eigenvalue weighted by Crippen LogP contribution is -2.55. The van der Waals surface area contributed by atoms with Gasteiger partial charge in [0.1, 0.15) is 0 Å². The van der Waals surface area contributed by atoms with E-state index >= 15 is 0 Å². The Bertz CT molecular complexity index is 979. The second-order valence-electron chi connectivity index (χ2n) is 10.6. The van der Waals surface area contributed by atoms with Gasteiger partial charge in [-0.3, -0.25) is 4.79 Å². The van der Waals surface area contributed by atoms with Gasteiger partial charge in [0.25, 0.3) is 0 Å². The highest BCUT2D eigenvalue weighted by Crippen LogP contribution is 2.48. The van der Waals surface area contributed by atoms with E-state index in [0.717, 1.165) is 44.0 Å². The Hall–Kier alpha value is -1.45. The number of hydrogen-bond acceptors (Lipinski definition) is 5. The number of carbonyl (C=O) groups is 1. The topological polar surface area (TPSA) is 72.5 Å². The van der Waals surface area contributed by atoms with Crippen molar-refractivity contribution in [2.24, 2.45) is 11.8 Å². The molecule has 2 fully saturated rings. The fourth-order valence-corrected chi connectivity index (χ4v) is 7.11. The normalized spacial score (nSPS) is 23.0. The predicted octanol–water partition coefficient (Wildman–Crippen LogP) is 5.57. The molecule has 2 aliphatic rings. The highest BCUT2D eigenvalue weighted by Gasteiger charge is 2.48. The molecule has 1 aliphatic carbocycles. The number of Topliss-reactive ketones (excluding diaryl/α,β-unsaturated/α-hetero) is 1. The Morgan fingerprint density at radius 3 is 2.43 bits per heavy atom. The first-order chi connectivity index (χ1) is 16.3. The van der Waals surface area contributed by atoms with Crippen LogP contribution in [0.3, 0.4) is 0 Å². The summed E-state index contributed by atoms with van der Waals surface area (Å²) in [6.07, 6.45) is 1.25. The van der Waals surface area contributed by atoms with Gasteiger partial charge in [-0.15, -0.1) is 0 Å². The van der Waals surface area contributed by atoms with Crippen LogP contribution in [0.25, 0.3) is 0 Å². The van der Waals surface area contributed by atoms with Crippen molar-refractivity contribution in [2.75, 3.05) is 19.8 Å². The molecule has 35 heavy (non-hydrogen) atoms. The fraction of sp³-hybridized carbons (Fsp3) is 0.731. The van der Waals surface area contributed by atoms with Crippen molar-refractivity contribution in [1.82, 2.24) is 5.32 Å². The van der Waals surface area contributed by atoms with Crippen LogP contribution in [0, 0.1) is 11.8 Å². The van der Waals surface area contributed by atoms with Crippen molar-refractivity contribution >= 4 is 15.6 Å². The minimum Gasteiger partial charge on any atom is -0.381 e. The lowest BCUT2D eigenvalue weighted by molar-refractivity contribution is -0.137. The molecule has 3 rings (SSSR count). The van der Waals surface area contributed by atoms with Crippen molar-refractivity contribution in [3.05, 3.63) is 29.8 Å². The monoisotopic (exact) mass is 517 g/mol. The molecule has 1 aromatic carbocycles. The Kier molecular flexibility index (Phi) is 8.75. The van der Waals surface area contributed by atoms with Crippen LogP contribution in [-0.4, -0.2) is 44.2 Å². The second kappa shape index (κ2) is 10.9. The van der Waals surface area contributed by atoms with E-state index in [1.807, 2.05) is 0 Å². The molecule has 0 atom stereocenters. The Morgan fingerprint density at radius 2 is 1.83 bits per heavy atom. The average Bonchev–Trinajstić information content (AvgIpc) is 2.78. The van der Waals surface area contributed by atoms with Crippen LogP contribution in [0.2, 0.25) is 0 Å². The van der Waals surface area contributed by atoms with Gasteiger partial charge in [0.05, 0.1) is 20.7 Å². The highest BCUT2D eigenvalue weighted by atomic mass is 32.2. The van der Waals surface area contributed by atoms with Gasteiger partial charge in [-0.1, -0.05) is 19.4 Å². The van der Waals surface area contributed by atoms with Gasteiger partial charge in [0.15, 0.2) is 15.6 Å². The lowest BCUT2D eigenvalue weighted by atomic mass is 9.67. The Morgan fingerprint density at radius 1 is 1.17 bits per heavy atom. The number of sulfone groups is 1. The molecular formula is C26H38F3NO4S. The van der Waals surface area contributed by atoms with Crippen LogP contribution in [0.15, 0.2) is 29.2 Å². The third kappa shape index (κ3) is 6.10. The van der Waals surface area contributed by atoms with Crippen LogP contribution in [0.5, 0.6) is 0 Å². The van der Waals surface area contributed by atoms with Crippen LogP contribution < -0.4 is 5.32 Å². The van der Waals surface area contributed by atoms with Gasteiger partial charge < -0.3 is 10.1 Å². The number of nitrogens with one attached hydrogen (secondary N) is 1. The molecule has 198 valence electrons. The minimum atomic E-state index is -4.59. The summed E-state index contributed by atoms with van der Waals surface area (Å²) in [6, 6.07) is 4.01. The molecule has 1 heterocycles. The largest absolute Gasteiger partial charge is 0.416 e. The number of ketones is 1. The molecule has 0 bridgehead atoms. The van der Waals surface area contributed by atoms with Gasteiger partial charge in [0, 0.05) is 19.6 Å². The highest BCUT2D eigenvalue weighted by molar-refractivity contribution is 7.92. The molecule has 1 aliphatic heterocycles. The average molecular weight is 518 g/mol. The van der Waals surface area contributed by atoms with Crippen LogP contribution in [-0.2, 0) is 25.5 Å². The van der Waals surface area contributed by atoms with Crippen molar-refractivity contribution in [1.29, 1.82) is 0 Å². The zero-order valence-corrected chi connectivity index (χ0v) is 21.7. The maximum atomic E-state index is 13.2. The Labute approximate surface area is 207 Å². The van der Waals surface area contributed by atoms with E-state index in [1.54, 1.807) is 13.8 Å². The summed E-state index contributed by atoms with van der Waals surface area (Å²) in [4.78, 5) is 12.8. The smallest absolute Gasteiger partial charge is 0.381 e. The molecule has 0 spiro atoms. The van der Waals surface area contributed by atoms with Crippen molar-refractivity contribution in [2.45, 2.75) is 93.5 Å². The number of hydrogen-bond donors (Lipinski definition) is 1. The molecule has 1 saturated heterocycles. The first-order valence-electron chi connectivity index (χ1n) is 12.6.